The first-order chi connectivity index (χ1) is 13.8. The maximum absolute atomic E-state index is 3.58. The molecule has 0 amide bonds. The molecule has 0 unspecified atom stereocenters. The van der Waals surface area contributed by atoms with Gasteiger partial charge in [0, 0.05) is 26.3 Å². The van der Waals surface area contributed by atoms with Crippen LogP contribution in [0, 0.1) is 0 Å². The van der Waals surface area contributed by atoms with Gasteiger partial charge < -0.3 is 4.98 Å². The Morgan fingerprint density at radius 1 is 0.643 bits per heavy atom. The molecular weight excluding hydrogens is 406 g/mol. The van der Waals surface area contributed by atoms with Crippen LogP contribution in [-0.2, 0) is 6.42 Å². The molecule has 1 nitrogen and oxygen atoms in total. The molecule has 0 saturated carbocycles. The van der Waals surface area contributed by atoms with E-state index in [4.69, 9.17) is 0 Å². The van der Waals surface area contributed by atoms with Gasteiger partial charge in [-0.2, -0.15) is 0 Å². The molecule has 152 valence electrons. The van der Waals surface area contributed by atoms with E-state index in [1.54, 1.807) is 0 Å². The number of H-pyrrole nitrogens is 1. The van der Waals surface area contributed by atoms with Gasteiger partial charge >= 0.3 is 0 Å². The van der Waals surface area contributed by atoms with Crippen molar-refractivity contribution in [3.63, 3.8) is 0 Å². The molecule has 0 saturated heterocycles. The topological polar surface area (TPSA) is 15.8 Å². The number of halogens is 1. The quantitative estimate of drug-likeness (QED) is 0.254. The van der Waals surface area contributed by atoms with E-state index in [9.17, 15) is 0 Å². The minimum Gasteiger partial charge on any atom is -0.355 e. The van der Waals surface area contributed by atoms with Crippen molar-refractivity contribution in [3.8, 4) is 0 Å². The molecule has 0 aliphatic rings. The van der Waals surface area contributed by atoms with Gasteiger partial charge in [0.1, 0.15) is 0 Å². The zero-order valence-corrected chi connectivity index (χ0v) is 19.1. The summed E-state index contributed by atoms with van der Waals surface area (Å²) in [7, 11) is 0. The van der Waals surface area contributed by atoms with Crippen LogP contribution in [0.3, 0.4) is 0 Å². The fourth-order valence-corrected chi connectivity index (χ4v) is 4.61. The summed E-state index contributed by atoms with van der Waals surface area (Å²) in [5.74, 6) is 0. The molecule has 2 aromatic carbocycles. The Bertz CT molecular complexity index is 848. The van der Waals surface area contributed by atoms with Crippen molar-refractivity contribution in [1.82, 2.24) is 4.98 Å². The number of aromatic nitrogens is 1. The normalized spacial score (nSPS) is 11.6. The van der Waals surface area contributed by atoms with Gasteiger partial charge in [-0.3, -0.25) is 0 Å². The summed E-state index contributed by atoms with van der Waals surface area (Å²) in [5, 5.41) is 2.64. The van der Waals surface area contributed by atoms with E-state index < -0.39 is 0 Å². The summed E-state index contributed by atoms with van der Waals surface area (Å²) >= 11 is 3.58. The molecule has 0 radical (unpaired) electrons. The number of benzene rings is 2. The summed E-state index contributed by atoms with van der Waals surface area (Å²) in [6, 6.07) is 13.4. The van der Waals surface area contributed by atoms with Gasteiger partial charge in [0.25, 0.3) is 0 Å². The molecular formula is C26H36BrN. The van der Waals surface area contributed by atoms with Crippen molar-refractivity contribution in [2.45, 2.75) is 90.4 Å². The number of fused-ring (bicyclic) bond motifs is 3. The Kier molecular flexibility index (Phi) is 8.92. The van der Waals surface area contributed by atoms with Crippen LogP contribution in [0.2, 0.25) is 0 Å². The summed E-state index contributed by atoms with van der Waals surface area (Å²) in [5.41, 5.74) is 3.95. The molecule has 3 rings (SSSR count). The first-order valence-corrected chi connectivity index (χ1v) is 12.3. The Balaban J connectivity index is 1.32. The smallest absolute Gasteiger partial charge is 0.0467 e. The van der Waals surface area contributed by atoms with E-state index in [0.717, 1.165) is 4.47 Å². The third kappa shape index (κ3) is 6.37. The van der Waals surface area contributed by atoms with E-state index in [0.29, 0.717) is 0 Å². The highest BCUT2D eigenvalue weighted by atomic mass is 79.9. The van der Waals surface area contributed by atoms with Crippen molar-refractivity contribution in [2.24, 2.45) is 0 Å². The van der Waals surface area contributed by atoms with E-state index in [1.807, 2.05) is 0 Å². The molecule has 1 heterocycles. The average molecular weight is 442 g/mol. The second kappa shape index (κ2) is 11.7. The molecule has 0 atom stereocenters. The lowest BCUT2D eigenvalue weighted by Gasteiger charge is -2.04. The van der Waals surface area contributed by atoms with Crippen LogP contribution in [0.5, 0.6) is 0 Å². The zero-order chi connectivity index (χ0) is 19.6. The van der Waals surface area contributed by atoms with Crippen LogP contribution in [0.1, 0.15) is 89.5 Å². The Morgan fingerprint density at radius 2 is 1.29 bits per heavy atom. The number of rotatable bonds is 13. The van der Waals surface area contributed by atoms with Gasteiger partial charge in [-0.05, 0) is 42.7 Å². The fraction of sp³-hybridized carbons (Fsp3) is 0.538. The summed E-state index contributed by atoms with van der Waals surface area (Å²) in [6.07, 6.45) is 18.2. The molecule has 0 aliphatic carbocycles. The SMILES string of the molecule is CCCCCCCCCCCCCCc1ccc2c(c1)[nH]c1ccc(Br)cc12. The zero-order valence-electron chi connectivity index (χ0n) is 17.5. The average Bonchev–Trinajstić information content (AvgIpc) is 3.06. The van der Waals surface area contributed by atoms with E-state index >= 15 is 0 Å². The lowest BCUT2D eigenvalue weighted by atomic mass is 10.0. The van der Waals surface area contributed by atoms with Crippen molar-refractivity contribution >= 4 is 37.7 Å². The minimum absolute atomic E-state index is 1.14. The second-order valence-corrected chi connectivity index (χ2v) is 9.25. The molecule has 2 heteroatoms. The van der Waals surface area contributed by atoms with Gasteiger partial charge in [-0.25, -0.2) is 0 Å². The first-order valence-electron chi connectivity index (χ1n) is 11.5. The predicted octanol–water partition coefficient (Wildman–Crippen LogP) is 9.33. The molecule has 1 aromatic heterocycles. The van der Waals surface area contributed by atoms with Crippen LogP contribution in [0.4, 0.5) is 0 Å². The summed E-state index contributed by atoms with van der Waals surface area (Å²) in [6.45, 7) is 2.29. The van der Waals surface area contributed by atoms with Crippen molar-refractivity contribution < 1.29 is 0 Å². The fourth-order valence-electron chi connectivity index (χ4n) is 4.25. The molecule has 0 aliphatic heterocycles. The molecule has 28 heavy (non-hydrogen) atoms. The van der Waals surface area contributed by atoms with Gasteiger partial charge in [0.2, 0.25) is 0 Å². The Labute approximate surface area is 179 Å². The minimum atomic E-state index is 1.14. The highest BCUT2D eigenvalue weighted by Crippen LogP contribution is 2.29. The molecule has 3 aromatic rings. The van der Waals surface area contributed by atoms with Crippen molar-refractivity contribution in [3.05, 3.63) is 46.4 Å². The maximum Gasteiger partial charge on any atom is 0.0467 e. The molecule has 1 N–H and O–H groups in total. The maximum atomic E-state index is 3.58. The van der Waals surface area contributed by atoms with E-state index in [-0.39, 0.29) is 0 Å². The number of aromatic amines is 1. The van der Waals surface area contributed by atoms with Crippen molar-refractivity contribution in [2.75, 3.05) is 0 Å². The largest absolute Gasteiger partial charge is 0.355 e. The number of hydrogen-bond donors (Lipinski definition) is 1. The van der Waals surface area contributed by atoms with E-state index in [2.05, 4.69) is 64.2 Å². The third-order valence-corrected chi connectivity index (χ3v) is 6.44. The number of nitrogens with one attached hydrogen (secondary N) is 1. The molecule has 0 fully saturated rings. The van der Waals surface area contributed by atoms with Crippen molar-refractivity contribution in [1.29, 1.82) is 0 Å². The number of aryl methyl sites for hydroxylation is 1. The number of unbranched alkanes of at least 4 members (excludes halogenated alkanes) is 11. The van der Waals surface area contributed by atoms with Gasteiger partial charge in [0.15, 0.2) is 0 Å². The van der Waals surface area contributed by atoms with Crippen LogP contribution in [-0.4, -0.2) is 4.98 Å². The second-order valence-electron chi connectivity index (χ2n) is 8.33. The van der Waals surface area contributed by atoms with Crippen LogP contribution >= 0.6 is 15.9 Å². The van der Waals surface area contributed by atoms with Crippen LogP contribution in [0.15, 0.2) is 40.9 Å². The Morgan fingerprint density at radius 3 is 1.96 bits per heavy atom. The van der Waals surface area contributed by atoms with Crippen LogP contribution < -0.4 is 0 Å². The highest BCUT2D eigenvalue weighted by molar-refractivity contribution is 9.10. The van der Waals surface area contributed by atoms with Gasteiger partial charge in [-0.1, -0.05) is 106 Å². The number of hydrogen-bond acceptors (Lipinski definition) is 0. The molecule has 0 spiro atoms. The monoisotopic (exact) mass is 441 g/mol. The highest BCUT2D eigenvalue weighted by Gasteiger charge is 2.05. The lowest BCUT2D eigenvalue weighted by Crippen LogP contribution is -1.87. The predicted molar refractivity (Wildman–Crippen MR) is 128 cm³/mol. The summed E-state index contributed by atoms with van der Waals surface area (Å²) < 4.78 is 1.14. The van der Waals surface area contributed by atoms with Gasteiger partial charge in [-0.15, -0.1) is 0 Å². The molecule has 0 bridgehead atoms. The summed E-state index contributed by atoms with van der Waals surface area (Å²) in [4.78, 5) is 3.57. The van der Waals surface area contributed by atoms with E-state index in [1.165, 1.54) is 111 Å². The Hall–Kier alpha value is -1.28. The standard InChI is InChI=1S/C26H36BrN/c1-2-3-4-5-6-7-8-9-10-11-12-13-14-21-15-17-23-24-20-22(27)16-18-25(24)28-26(23)19-21/h15-20,28H,2-14H2,1H3. The first kappa shape index (κ1) is 21.4. The lowest BCUT2D eigenvalue weighted by molar-refractivity contribution is 0.544. The van der Waals surface area contributed by atoms with Gasteiger partial charge in [0.05, 0.1) is 0 Å². The third-order valence-electron chi connectivity index (χ3n) is 5.94. The van der Waals surface area contributed by atoms with Crippen LogP contribution in [0.25, 0.3) is 21.8 Å².